The van der Waals surface area contributed by atoms with Crippen LogP contribution in [0.25, 0.3) is 0 Å². The van der Waals surface area contributed by atoms with E-state index in [4.69, 9.17) is 14.2 Å². The zero-order chi connectivity index (χ0) is 26.2. The lowest BCUT2D eigenvalue weighted by Gasteiger charge is -2.16. The highest BCUT2D eigenvalue weighted by atomic mass is 32.1. The van der Waals surface area contributed by atoms with E-state index in [2.05, 4.69) is 47.4 Å². The van der Waals surface area contributed by atoms with Gasteiger partial charge in [-0.25, -0.2) is 9.48 Å². The Balaban J connectivity index is 1.35. The molecule has 202 valence electrons. The molecule has 0 aromatic carbocycles. The van der Waals surface area contributed by atoms with Gasteiger partial charge in [-0.1, -0.05) is 25.5 Å². The number of carbonyl (C=O) groups excluding carboxylic acids is 3. The van der Waals surface area contributed by atoms with Crippen molar-refractivity contribution < 1.29 is 28.6 Å². The molecule has 12 nitrogen and oxygen atoms in total. The second-order valence-corrected chi connectivity index (χ2v) is 10.1. The van der Waals surface area contributed by atoms with Crippen molar-refractivity contribution in [2.45, 2.75) is 50.9 Å². The molecule has 0 saturated heterocycles. The molecule has 1 aliphatic rings. The summed E-state index contributed by atoms with van der Waals surface area (Å²) in [6.45, 7) is 8.40. The second kappa shape index (κ2) is 16.3. The Bertz CT molecular complexity index is 838. The summed E-state index contributed by atoms with van der Waals surface area (Å²) >= 11 is 4.48. The van der Waals surface area contributed by atoms with E-state index >= 15 is 0 Å². The van der Waals surface area contributed by atoms with E-state index in [0.29, 0.717) is 65.0 Å². The van der Waals surface area contributed by atoms with Crippen molar-refractivity contribution in [2.75, 3.05) is 52.7 Å². The Morgan fingerprint density at radius 2 is 1.56 bits per heavy atom. The third-order valence-electron chi connectivity index (χ3n) is 5.05. The fourth-order valence-electron chi connectivity index (χ4n) is 3.15. The van der Waals surface area contributed by atoms with Crippen molar-refractivity contribution in [3.8, 4) is 0 Å². The molecule has 0 fully saturated rings. The van der Waals surface area contributed by atoms with Crippen LogP contribution in [0.5, 0.6) is 0 Å². The van der Waals surface area contributed by atoms with Crippen LogP contribution < -0.4 is 10.6 Å². The van der Waals surface area contributed by atoms with Crippen LogP contribution in [0, 0.1) is 0 Å². The zero-order valence-corrected chi connectivity index (χ0v) is 22.0. The van der Waals surface area contributed by atoms with Crippen LogP contribution >= 0.6 is 12.6 Å². The van der Waals surface area contributed by atoms with Crippen LogP contribution in [-0.4, -0.2) is 95.2 Å². The normalized spacial score (nSPS) is 13.6. The molecule has 0 aliphatic carbocycles. The molecule has 4 amide bonds. The highest BCUT2D eigenvalue weighted by Crippen LogP contribution is 2.19. The molecule has 0 atom stereocenters. The predicted molar refractivity (Wildman–Crippen MR) is 135 cm³/mol. The van der Waals surface area contributed by atoms with Crippen LogP contribution in [-0.2, 0) is 36.9 Å². The van der Waals surface area contributed by atoms with Gasteiger partial charge in [0.1, 0.15) is 5.69 Å². The molecular formula is C23H38N6O6S. The molecule has 2 rings (SSSR count). The van der Waals surface area contributed by atoms with Crippen molar-refractivity contribution in [3.63, 3.8) is 0 Å². The first-order valence-electron chi connectivity index (χ1n) is 12.1. The largest absolute Gasteiger partial charge is 0.377 e. The molecule has 0 saturated carbocycles. The third kappa shape index (κ3) is 13.0. The Labute approximate surface area is 217 Å². The number of ether oxygens (including phenoxy) is 3. The number of thiol groups is 1. The number of nitrogens with zero attached hydrogens (tertiary/aromatic N) is 4. The zero-order valence-electron chi connectivity index (χ0n) is 21.1. The van der Waals surface area contributed by atoms with Gasteiger partial charge in [0, 0.05) is 30.0 Å². The average Bonchev–Trinajstić information content (AvgIpc) is 3.40. The van der Waals surface area contributed by atoms with E-state index in [9.17, 15) is 14.4 Å². The number of imide groups is 1. The minimum Gasteiger partial charge on any atom is -0.377 e. The van der Waals surface area contributed by atoms with Crippen LogP contribution in [0.15, 0.2) is 18.3 Å². The lowest BCUT2D eigenvalue weighted by Crippen LogP contribution is -2.37. The monoisotopic (exact) mass is 526 g/mol. The first kappa shape index (κ1) is 29.7. The van der Waals surface area contributed by atoms with Gasteiger partial charge in [0.25, 0.3) is 11.8 Å². The lowest BCUT2D eigenvalue weighted by atomic mass is 10.1. The van der Waals surface area contributed by atoms with Gasteiger partial charge in [-0.2, -0.15) is 12.6 Å². The fourth-order valence-corrected chi connectivity index (χ4v) is 3.31. The number of urea groups is 1. The van der Waals surface area contributed by atoms with E-state index in [0.717, 1.165) is 24.2 Å². The molecule has 2 heterocycles. The summed E-state index contributed by atoms with van der Waals surface area (Å²) in [5.41, 5.74) is 0.531. The molecule has 36 heavy (non-hydrogen) atoms. The van der Waals surface area contributed by atoms with Gasteiger partial charge in [0.15, 0.2) is 0 Å². The van der Waals surface area contributed by atoms with Crippen molar-refractivity contribution in [2.24, 2.45) is 0 Å². The SMILES string of the molecule is CC(C)(S)CCCCNC(=O)NCCOCCOCCOCCn1cc(CN2C(=O)C=CC2=O)nn1. The maximum absolute atomic E-state index is 11.7. The van der Waals surface area contributed by atoms with Gasteiger partial charge in [-0.3, -0.25) is 14.5 Å². The summed E-state index contributed by atoms with van der Waals surface area (Å²) in [6.07, 6.45) is 7.13. The molecule has 0 unspecified atom stereocenters. The number of hydrogen-bond donors (Lipinski definition) is 3. The average molecular weight is 527 g/mol. The summed E-state index contributed by atoms with van der Waals surface area (Å²) in [5.74, 6) is -0.698. The highest BCUT2D eigenvalue weighted by molar-refractivity contribution is 7.81. The number of nitrogens with one attached hydrogen (secondary N) is 2. The van der Waals surface area contributed by atoms with Crippen molar-refractivity contribution in [3.05, 3.63) is 24.0 Å². The molecule has 0 spiro atoms. The minimum absolute atomic E-state index is 0.0289. The summed E-state index contributed by atoms with van der Waals surface area (Å²) in [4.78, 5) is 35.9. The smallest absolute Gasteiger partial charge is 0.314 e. The standard InChI is InChI=1S/C23H38N6O6S/c1-23(2,36)7-3-4-8-24-22(32)25-9-11-33-13-15-35-16-14-34-12-10-28-17-19(26-27-28)18-29-20(30)5-6-21(29)31/h5-6,17,36H,3-4,7-16,18H2,1-2H3,(H2,24,25,32). The molecule has 1 aromatic heterocycles. The summed E-state index contributed by atoms with van der Waals surface area (Å²) in [6, 6.07) is -0.187. The van der Waals surface area contributed by atoms with Crippen molar-refractivity contribution >= 4 is 30.5 Å². The number of unbranched alkanes of at least 4 members (excludes halogenated alkanes) is 1. The minimum atomic E-state index is -0.349. The van der Waals surface area contributed by atoms with Gasteiger partial charge in [-0.15, -0.1) is 5.10 Å². The van der Waals surface area contributed by atoms with Gasteiger partial charge in [0.2, 0.25) is 0 Å². The summed E-state index contributed by atoms with van der Waals surface area (Å²) in [7, 11) is 0. The van der Waals surface area contributed by atoms with Gasteiger partial charge < -0.3 is 24.8 Å². The van der Waals surface area contributed by atoms with Crippen LogP contribution in [0.1, 0.15) is 38.8 Å². The molecular weight excluding hydrogens is 488 g/mol. The Morgan fingerprint density at radius 1 is 0.944 bits per heavy atom. The van der Waals surface area contributed by atoms with Gasteiger partial charge >= 0.3 is 6.03 Å². The van der Waals surface area contributed by atoms with Crippen molar-refractivity contribution in [1.82, 2.24) is 30.5 Å². The predicted octanol–water partition coefficient (Wildman–Crippen LogP) is 0.931. The topological polar surface area (TPSA) is 137 Å². The Hall–Kier alpha value is -2.48. The molecule has 0 radical (unpaired) electrons. The van der Waals surface area contributed by atoms with E-state index in [1.54, 1.807) is 10.9 Å². The van der Waals surface area contributed by atoms with E-state index in [1.807, 2.05) is 0 Å². The number of carbonyl (C=O) groups is 3. The number of hydrogen-bond acceptors (Lipinski definition) is 9. The van der Waals surface area contributed by atoms with Gasteiger partial charge in [0.05, 0.1) is 58.9 Å². The first-order valence-corrected chi connectivity index (χ1v) is 12.6. The molecule has 2 N–H and O–H groups in total. The maximum Gasteiger partial charge on any atom is 0.314 e. The molecule has 1 aromatic rings. The summed E-state index contributed by atoms with van der Waals surface area (Å²) < 4.78 is 18.0. The number of aromatic nitrogens is 3. The van der Waals surface area contributed by atoms with Gasteiger partial charge in [-0.05, 0) is 12.8 Å². The summed E-state index contributed by atoms with van der Waals surface area (Å²) in [5, 5.41) is 13.5. The highest BCUT2D eigenvalue weighted by Gasteiger charge is 2.24. The van der Waals surface area contributed by atoms with E-state index in [-0.39, 0.29) is 29.1 Å². The van der Waals surface area contributed by atoms with Crippen LogP contribution in [0.4, 0.5) is 4.79 Å². The Morgan fingerprint density at radius 3 is 2.22 bits per heavy atom. The lowest BCUT2D eigenvalue weighted by molar-refractivity contribution is -0.137. The third-order valence-corrected chi connectivity index (χ3v) is 5.27. The maximum atomic E-state index is 11.7. The van der Waals surface area contributed by atoms with Crippen molar-refractivity contribution in [1.29, 1.82) is 0 Å². The molecule has 0 bridgehead atoms. The van der Waals surface area contributed by atoms with Crippen LogP contribution in [0.2, 0.25) is 0 Å². The Kier molecular flexibility index (Phi) is 13.5. The molecule has 1 aliphatic heterocycles. The molecule has 13 heteroatoms. The quantitative estimate of drug-likeness (QED) is 0.138. The number of rotatable bonds is 19. The van der Waals surface area contributed by atoms with E-state index in [1.165, 1.54) is 12.2 Å². The first-order chi connectivity index (χ1) is 17.2. The fraction of sp³-hybridized carbons (Fsp3) is 0.696. The second-order valence-electron chi connectivity index (χ2n) is 8.86. The number of amides is 4. The van der Waals surface area contributed by atoms with Crippen LogP contribution in [0.3, 0.4) is 0 Å². The van der Waals surface area contributed by atoms with E-state index < -0.39 is 0 Å².